The van der Waals surface area contributed by atoms with Crippen molar-refractivity contribution in [1.82, 2.24) is 31.0 Å². The monoisotopic (exact) mass is 479 g/mol. The number of hydrogen-bond donors (Lipinski definition) is 4. The van der Waals surface area contributed by atoms with Crippen molar-refractivity contribution in [1.29, 1.82) is 0 Å². The molecule has 5 rings (SSSR count). The second-order valence-corrected chi connectivity index (χ2v) is 9.07. The number of pyridine rings is 1. The summed E-state index contributed by atoms with van der Waals surface area (Å²) < 4.78 is 18.8. The van der Waals surface area contributed by atoms with E-state index in [1.807, 2.05) is 24.4 Å². The van der Waals surface area contributed by atoms with Gasteiger partial charge < -0.3 is 25.6 Å². The zero-order valence-electron chi connectivity index (χ0n) is 18.5. The zero-order chi connectivity index (χ0) is 23.7. The van der Waals surface area contributed by atoms with Crippen molar-refractivity contribution in [3.8, 4) is 10.8 Å². The topological polar surface area (TPSA) is 121 Å². The van der Waals surface area contributed by atoms with Crippen LogP contribution in [0.3, 0.4) is 0 Å². The summed E-state index contributed by atoms with van der Waals surface area (Å²) in [5.74, 6) is 0.182. The van der Waals surface area contributed by atoms with Gasteiger partial charge in [0.1, 0.15) is 5.65 Å². The molecule has 1 unspecified atom stereocenters. The van der Waals surface area contributed by atoms with Gasteiger partial charge in [0.15, 0.2) is 6.17 Å². The van der Waals surface area contributed by atoms with Crippen molar-refractivity contribution in [3.05, 3.63) is 64.8 Å². The molecule has 0 aliphatic carbocycles. The SMILES string of the molecule is CC(=O)Nc1c[nH]c2ncc(C3=CCC(Cc4ccc(-c5nnc(C(C)F)o5)s4)=CNN3)cc12. The Hall–Kier alpha value is -3.99. The molecule has 1 atom stereocenters. The molecule has 0 aromatic carbocycles. The molecule has 0 spiro atoms. The number of allylic oxidation sites excluding steroid dienone is 2. The van der Waals surface area contributed by atoms with Crippen LogP contribution < -0.4 is 16.2 Å². The number of hydrogen-bond acceptors (Lipinski definition) is 8. The minimum Gasteiger partial charge on any atom is -0.417 e. The third kappa shape index (κ3) is 4.55. The number of amides is 1. The van der Waals surface area contributed by atoms with Crippen molar-refractivity contribution >= 4 is 39.7 Å². The van der Waals surface area contributed by atoms with Gasteiger partial charge in [-0.25, -0.2) is 9.37 Å². The fourth-order valence-corrected chi connectivity index (χ4v) is 4.60. The molecule has 1 aliphatic rings. The summed E-state index contributed by atoms with van der Waals surface area (Å²) in [6.07, 6.45) is 7.75. The van der Waals surface area contributed by atoms with Crippen LogP contribution in [0.25, 0.3) is 27.5 Å². The van der Waals surface area contributed by atoms with E-state index in [1.54, 1.807) is 23.7 Å². The second-order valence-electron chi connectivity index (χ2n) is 7.90. The van der Waals surface area contributed by atoms with Crippen LogP contribution in [-0.2, 0) is 11.2 Å². The third-order valence-corrected chi connectivity index (χ3v) is 6.33. The second kappa shape index (κ2) is 9.10. The average Bonchev–Trinajstić information content (AvgIpc) is 3.52. The van der Waals surface area contributed by atoms with Crippen LogP contribution in [0.2, 0.25) is 0 Å². The number of carbonyl (C=O) groups is 1. The standard InChI is InChI=1S/C23H22FN7O2S/c1-12(24)22-30-31-23(33-22)20-6-4-16(34-20)7-14-3-5-18(29-27-9-14)15-8-17-19(28-13(2)32)11-26-21(17)25-10-15/h4-6,8-12,27,29H,3,7H2,1-2H3,(H,25,26)(H,28,32). The van der Waals surface area contributed by atoms with Crippen molar-refractivity contribution < 1.29 is 13.6 Å². The molecule has 1 amide bonds. The molecule has 0 saturated heterocycles. The first-order valence-electron chi connectivity index (χ1n) is 10.7. The molecule has 4 aromatic rings. The molecular formula is C23H22FN7O2S. The average molecular weight is 480 g/mol. The van der Waals surface area contributed by atoms with E-state index in [9.17, 15) is 9.18 Å². The molecule has 0 fully saturated rings. The van der Waals surface area contributed by atoms with Crippen LogP contribution in [0.4, 0.5) is 10.1 Å². The van der Waals surface area contributed by atoms with Gasteiger partial charge in [-0.1, -0.05) is 6.08 Å². The van der Waals surface area contributed by atoms with E-state index < -0.39 is 6.17 Å². The predicted molar refractivity (Wildman–Crippen MR) is 128 cm³/mol. The van der Waals surface area contributed by atoms with Gasteiger partial charge in [-0.3, -0.25) is 4.79 Å². The first kappa shape index (κ1) is 21.8. The number of aromatic amines is 1. The van der Waals surface area contributed by atoms with Gasteiger partial charge in [0.05, 0.1) is 16.3 Å². The summed E-state index contributed by atoms with van der Waals surface area (Å²) in [6.45, 7) is 2.84. The number of aromatic nitrogens is 4. The van der Waals surface area contributed by atoms with E-state index in [0.717, 1.165) is 39.2 Å². The van der Waals surface area contributed by atoms with Gasteiger partial charge in [-0.15, -0.1) is 21.5 Å². The Bertz CT molecular complexity index is 1420. The van der Waals surface area contributed by atoms with Crippen LogP contribution in [0.5, 0.6) is 0 Å². The lowest BCUT2D eigenvalue weighted by Gasteiger charge is -2.09. The molecule has 0 saturated carbocycles. The Morgan fingerprint density at radius 3 is 3.03 bits per heavy atom. The maximum absolute atomic E-state index is 13.4. The van der Waals surface area contributed by atoms with Gasteiger partial charge >= 0.3 is 0 Å². The molecule has 0 bridgehead atoms. The maximum atomic E-state index is 13.4. The number of hydrazine groups is 1. The normalized spacial score (nSPS) is 14.6. The number of thiophene rings is 1. The molecule has 5 heterocycles. The summed E-state index contributed by atoms with van der Waals surface area (Å²) >= 11 is 1.54. The number of halogens is 1. The minimum absolute atomic E-state index is 0.0131. The maximum Gasteiger partial charge on any atom is 0.257 e. The Labute approximate surface area is 198 Å². The van der Waals surface area contributed by atoms with Gasteiger partial charge in [0.2, 0.25) is 5.91 Å². The lowest BCUT2D eigenvalue weighted by atomic mass is 10.1. The smallest absolute Gasteiger partial charge is 0.257 e. The molecule has 11 heteroatoms. The van der Waals surface area contributed by atoms with E-state index in [1.165, 1.54) is 19.4 Å². The van der Waals surface area contributed by atoms with Crippen molar-refractivity contribution in [3.63, 3.8) is 0 Å². The largest absolute Gasteiger partial charge is 0.417 e. The van der Waals surface area contributed by atoms with E-state index in [-0.39, 0.29) is 11.8 Å². The quantitative estimate of drug-likeness (QED) is 0.318. The van der Waals surface area contributed by atoms with Crippen LogP contribution in [0.15, 0.2) is 52.9 Å². The number of H-pyrrole nitrogens is 1. The summed E-state index contributed by atoms with van der Waals surface area (Å²) in [5, 5.41) is 11.3. The Morgan fingerprint density at radius 1 is 1.35 bits per heavy atom. The highest BCUT2D eigenvalue weighted by atomic mass is 32.1. The number of alkyl halides is 1. The molecule has 0 radical (unpaired) electrons. The van der Waals surface area contributed by atoms with E-state index >= 15 is 0 Å². The van der Waals surface area contributed by atoms with E-state index in [2.05, 4.69) is 42.4 Å². The molecule has 174 valence electrons. The van der Waals surface area contributed by atoms with Crippen LogP contribution >= 0.6 is 11.3 Å². The van der Waals surface area contributed by atoms with Gasteiger partial charge in [0.25, 0.3) is 11.8 Å². The van der Waals surface area contributed by atoms with Gasteiger partial charge in [-0.05, 0) is 37.1 Å². The zero-order valence-corrected chi connectivity index (χ0v) is 19.3. The number of anilines is 1. The lowest BCUT2D eigenvalue weighted by molar-refractivity contribution is -0.114. The van der Waals surface area contributed by atoms with E-state index in [0.29, 0.717) is 17.2 Å². The van der Waals surface area contributed by atoms with Crippen molar-refractivity contribution in [2.75, 3.05) is 5.32 Å². The number of nitrogens with one attached hydrogen (secondary N) is 4. The van der Waals surface area contributed by atoms with Crippen LogP contribution in [0.1, 0.15) is 42.8 Å². The summed E-state index contributed by atoms with van der Waals surface area (Å²) in [4.78, 5) is 20.9. The third-order valence-electron chi connectivity index (χ3n) is 5.26. The number of nitrogens with zero attached hydrogens (tertiary/aromatic N) is 3. The molecule has 34 heavy (non-hydrogen) atoms. The predicted octanol–water partition coefficient (Wildman–Crippen LogP) is 4.63. The highest BCUT2D eigenvalue weighted by Gasteiger charge is 2.16. The Kier molecular flexibility index (Phi) is 5.84. The highest BCUT2D eigenvalue weighted by molar-refractivity contribution is 7.15. The van der Waals surface area contributed by atoms with Crippen molar-refractivity contribution in [2.45, 2.75) is 32.9 Å². The van der Waals surface area contributed by atoms with Gasteiger partial charge in [0, 0.05) is 47.8 Å². The lowest BCUT2D eigenvalue weighted by Crippen LogP contribution is -2.24. The number of rotatable bonds is 6. The summed E-state index contributed by atoms with van der Waals surface area (Å²) in [6, 6.07) is 5.91. The first-order chi connectivity index (χ1) is 16.5. The Morgan fingerprint density at radius 2 is 2.24 bits per heavy atom. The van der Waals surface area contributed by atoms with Crippen LogP contribution in [0, 0.1) is 0 Å². The Balaban J connectivity index is 1.29. The highest BCUT2D eigenvalue weighted by Crippen LogP contribution is 2.31. The molecule has 4 N–H and O–H groups in total. The van der Waals surface area contributed by atoms with E-state index in [4.69, 9.17) is 4.42 Å². The molecule has 4 aromatic heterocycles. The fraction of sp³-hybridized carbons (Fsp3) is 0.217. The van der Waals surface area contributed by atoms with Gasteiger partial charge in [-0.2, -0.15) is 0 Å². The minimum atomic E-state index is -1.29. The van der Waals surface area contributed by atoms with Crippen molar-refractivity contribution in [2.24, 2.45) is 0 Å². The fourth-order valence-electron chi connectivity index (χ4n) is 3.62. The molecule has 9 nitrogen and oxygen atoms in total. The number of carbonyl (C=O) groups excluding carboxylic acids is 1. The summed E-state index contributed by atoms with van der Waals surface area (Å²) in [7, 11) is 0. The first-order valence-corrected chi connectivity index (χ1v) is 11.5. The number of fused-ring (bicyclic) bond motifs is 1. The van der Waals surface area contributed by atoms with Crippen LogP contribution in [-0.4, -0.2) is 26.1 Å². The summed E-state index contributed by atoms with van der Waals surface area (Å²) in [5.41, 5.74) is 10.7. The molecule has 1 aliphatic heterocycles. The molecular weight excluding hydrogens is 457 g/mol.